The standard InChI is InChI=1S/C26H22/c1-17-22-10-5-6-11-23(22)18(2)26-24(17)12-7-13-25(26)21-15-14-19-8-3-4-9-20(19)16-21/h3-8,10-16,20H,9H2,1-2H3. The molecule has 0 nitrogen and oxygen atoms in total. The van der Waals surface area contributed by atoms with Crippen molar-refractivity contribution >= 4 is 27.1 Å². The molecule has 2 aliphatic rings. The average molecular weight is 334 g/mol. The molecule has 0 heteroatoms. The molecule has 0 fully saturated rings. The lowest BCUT2D eigenvalue weighted by Gasteiger charge is -2.22. The highest BCUT2D eigenvalue weighted by Crippen LogP contribution is 2.39. The Hall–Kier alpha value is -2.86. The van der Waals surface area contributed by atoms with Gasteiger partial charge in [0, 0.05) is 5.92 Å². The molecule has 0 heterocycles. The number of benzene rings is 3. The van der Waals surface area contributed by atoms with Crippen molar-refractivity contribution in [1.29, 1.82) is 0 Å². The number of allylic oxidation sites excluding steroid dienone is 8. The molecule has 3 aromatic carbocycles. The van der Waals surface area contributed by atoms with Gasteiger partial charge in [0.25, 0.3) is 0 Å². The highest BCUT2D eigenvalue weighted by molar-refractivity contribution is 6.10. The van der Waals surface area contributed by atoms with Gasteiger partial charge in [-0.15, -0.1) is 0 Å². The smallest absolute Gasteiger partial charge is 0.00617 e. The van der Waals surface area contributed by atoms with Crippen LogP contribution in [0, 0.1) is 19.8 Å². The highest BCUT2D eigenvalue weighted by Gasteiger charge is 2.18. The van der Waals surface area contributed by atoms with Crippen LogP contribution in [0.1, 0.15) is 23.1 Å². The summed E-state index contributed by atoms with van der Waals surface area (Å²) < 4.78 is 0. The van der Waals surface area contributed by atoms with E-state index in [1.165, 1.54) is 49.4 Å². The summed E-state index contributed by atoms with van der Waals surface area (Å²) in [6, 6.07) is 15.6. The molecular formula is C26H22. The minimum absolute atomic E-state index is 0.511. The van der Waals surface area contributed by atoms with Gasteiger partial charge in [-0.2, -0.15) is 0 Å². The van der Waals surface area contributed by atoms with E-state index in [2.05, 4.69) is 92.8 Å². The van der Waals surface area contributed by atoms with Gasteiger partial charge < -0.3 is 0 Å². The molecule has 0 amide bonds. The molecule has 0 bridgehead atoms. The minimum atomic E-state index is 0.511. The Morgan fingerprint density at radius 1 is 0.808 bits per heavy atom. The number of hydrogen-bond donors (Lipinski definition) is 0. The molecule has 0 saturated carbocycles. The van der Waals surface area contributed by atoms with E-state index < -0.39 is 0 Å². The third kappa shape index (κ3) is 2.22. The van der Waals surface area contributed by atoms with E-state index in [-0.39, 0.29) is 0 Å². The van der Waals surface area contributed by atoms with E-state index in [0.717, 1.165) is 6.42 Å². The van der Waals surface area contributed by atoms with E-state index in [9.17, 15) is 0 Å². The Kier molecular flexibility index (Phi) is 3.46. The topological polar surface area (TPSA) is 0 Å². The van der Waals surface area contributed by atoms with Gasteiger partial charge in [-0.3, -0.25) is 0 Å². The Morgan fingerprint density at radius 2 is 1.58 bits per heavy atom. The fraction of sp³-hybridized carbons (Fsp3) is 0.154. The Balaban J connectivity index is 1.80. The maximum Gasteiger partial charge on any atom is 0.00617 e. The van der Waals surface area contributed by atoms with Crippen LogP contribution in [0.2, 0.25) is 0 Å². The lowest BCUT2D eigenvalue weighted by molar-refractivity contribution is 0.782. The molecule has 26 heavy (non-hydrogen) atoms. The molecule has 0 spiro atoms. The molecule has 0 radical (unpaired) electrons. The molecule has 0 N–H and O–H groups in total. The molecule has 0 aromatic heterocycles. The molecule has 0 aliphatic heterocycles. The maximum atomic E-state index is 2.45. The third-order valence-corrected chi connectivity index (χ3v) is 5.97. The van der Waals surface area contributed by atoms with E-state index in [4.69, 9.17) is 0 Å². The second-order valence-electron chi connectivity index (χ2n) is 7.42. The second kappa shape index (κ2) is 5.85. The van der Waals surface area contributed by atoms with Gasteiger partial charge in [0.15, 0.2) is 0 Å². The molecule has 126 valence electrons. The molecule has 1 unspecified atom stereocenters. The van der Waals surface area contributed by atoms with Gasteiger partial charge in [-0.05, 0) is 69.6 Å². The van der Waals surface area contributed by atoms with Crippen molar-refractivity contribution in [3.8, 4) is 0 Å². The summed E-state index contributed by atoms with van der Waals surface area (Å²) in [7, 11) is 0. The first kappa shape index (κ1) is 15.4. The van der Waals surface area contributed by atoms with Gasteiger partial charge in [0.05, 0.1) is 0 Å². The monoisotopic (exact) mass is 334 g/mol. The Morgan fingerprint density at radius 3 is 2.42 bits per heavy atom. The highest BCUT2D eigenvalue weighted by atomic mass is 14.2. The van der Waals surface area contributed by atoms with Gasteiger partial charge >= 0.3 is 0 Å². The summed E-state index contributed by atoms with van der Waals surface area (Å²) in [4.78, 5) is 0. The van der Waals surface area contributed by atoms with Gasteiger partial charge in [-0.1, -0.05) is 78.9 Å². The van der Waals surface area contributed by atoms with Crippen molar-refractivity contribution < 1.29 is 0 Å². The first-order valence-electron chi connectivity index (χ1n) is 9.41. The first-order valence-corrected chi connectivity index (χ1v) is 9.41. The van der Waals surface area contributed by atoms with Crippen LogP contribution in [-0.4, -0.2) is 0 Å². The van der Waals surface area contributed by atoms with Crippen LogP contribution in [0.15, 0.2) is 84.5 Å². The molecule has 0 saturated heterocycles. The normalized spacial score (nSPS) is 18.8. The van der Waals surface area contributed by atoms with Gasteiger partial charge in [0.2, 0.25) is 0 Å². The summed E-state index contributed by atoms with van der Waals surface area (Å²) in [5, 5.41) is 5.51. The Bertz CT molecular complexity index is 1170. The van der Waals surface area contributed by atoms with Crippen molar-refractivity contribution in [3.05, 3.63) is 101 Å². The summed E-state index contributed by atoms with van der Waals surface area (Å²) in [6.45, 7) is 4.53. The summed E-state index contributed by atoms with van der Waals surface area (Å²) in [5.41, 5.74) is 6.90. The van der Waals surface area contributed by atoms with Crippen LogP contribution < -0.4 is 0 Å². The Labute approximate surface area is 154 Å². The van der Waals surface area contributed by atoms with Crippen LogP contribution >= 0.6 is 0 Å². The molecule has 5 rings (SSSR count). The third-order valence-electron chi connectivity index (χ3n) is 5.97. The summed E-state index contributed by atoms with van der Waals surface area (Å²) in [6.07, 6.45) is 14.8. The fourth-order valence-corrected chi connectivity index (χ4v) is 4.57. The second-order valence-corrected chi connectivity index (χ2v) is 7.42. The lowest BCUT2D eigenvalue weighted by Crippen LogP contribution is -2.05. The van der Waals surface area contributed by atoms with Crippen LogP contribution in [0.3, 0.4) is 0 Å². The van der Waals surface area contributed by atoms with E-state index in [1.54, 1.807) is 0 Å². The summed E-state index contributed by atoms with van der Waals surface area (Å²) in [5.74, 6) is 0.511. The molecule has 1 atom stereocenters. The lowest BCUT2D eigenvalue weighted by atomic mass is 9.82. The number of rotatable bonds is 1. The van der Waals surface area contributed by atoms with Crippen LogP contribution in [0.25, 0.3) is 27.1 Å². The zero-order chi connectivity index (χ0) is 17.7. The predicted molar refractivity (Wildman–Crippen MR) is 113 cm³/mol. The molecular weight excluding hydrogens is 312 g/mol. The van der Waals surface area contributed by atoms with Crippen molar-refractivity contribution in [3.63, 3.8) is 0 Å². The van der Waals surface area contributed by atoms with E-state index in [1.807, 2.05) is 0 Å². The van der Waals surface area contributed by atoms with Crippen molar-refractivity contribution in [1.82, 2.24) is 0 Å². The van der Waals surface area contributed by atoms with Crippen LogP contribution in [0.4, 0.5) is 0 Å². The van der Waals surface area contributed by atoms with Gasteiger partial charge in [-0.25, -0.2) is 0 Å². The molecule has 3 aromatic rings. The largest absolute Gasteiger partial charge is 0.0836 e. The van der Waals surface area contributed by atoms with Crippen molar-refractivity contribution in [2.75, 3.05) is 0 Å². The van der Waals surface area contributed by atoms with Gasteiger partial charge in [0.1, 0.15) is 0 Å². The first-order chi connectivity index (χ1) is 12.7. The fourth-order valence-electron chi connectivity index (χ4n) is 4.57. The van der Waals surface area contributed by atoms with E-state index >= 15 is 0 Å². The SMILES string of the molecule is Cc1c2ccccc2c(C)c2c(C3=CC4CC=CC=C4C=C3)cccc12. The maximum absolute atomic E-state index is 2.45. The van der Waals surface area contributed by atoms with Crippen molar-refractivity contribution in [2.24, 2.45) is 5.92 Å². The average Bonchev–Trinajstić information content (AvgIpc) is 2.71. The van der Waals surface area contributed by atoms with Crippen LogP contribution in [0.5, 0.6) is 0 Å². The van der Waals surface area contributed by atoms with Crippen LogP contribution in [-0.2, 0) is 0 Å². The number of fused-ring (bicyclic) bond motifs is 3. The quantitative estimate of drug-likeness (QED) is 0.418. The number of hydrogen-bond acceptors (Lipinski definition) is 0. The zero-order valence-electron chi connectivity index (χ0n) is 15.3. The number of aryl methyl sites for hydroxylation is 2. The van der Waals surface area contributed by atoms with Crippen molar-refractivity contribution in [2.45, 2.75) is 20.3 Å². The summed E-state index contributed by atoms with van der Waals surface area (Å²) >= 11 is 0. The van der Waals surface area contributed by atoms with E-state index in [0.29, 0.717) is 5.92 Å². The predicted octanol–water partition coefficient (Wildman–Crippen LogP) is 7.07. The zero-order valence-corrected chi connectivity index (χ0v) is 15.3. The minimum Gasteiger partial charge on any atom is -0.0836 e. The molecule has 2 aliphatic carbocycles.